The first-order chi connectivity index (χ1) is 14.7. The number of hydrogen-bond acceptors (Lipinski definition) is 5. The summed E-state index contributed by atoms with van der Waals surface area (Å²) in [6, 6.07) is 23.2. The third-order valence-electron chi connectivity index (χ3n) is 4.82. The number of ether oxygens (including phenoxy) is 1. The van der Waals surface area contributed by atoms with Crippen LogP contribution in [0.25, 0.3) is 22.1 Å². The zero-order valence-electron chi connectivity index (χ0n) is 17.3. The minimum atomic E-state index is 0. The molecule has 2 aromatic carbocycles. The second-order valence-corrected chi connectivity index (χ2v) is 7.21. The van der Waals surface area contributed by atoms with Crippen molar-refractivity contribution in [2.24, 2.45) is 0 Å². The zero-order chi connectivity index (χ0) is 20.5. The smallest absolute Gasteiger partial charge is 0.151 e. The van der Waals surface area contributed by atoms with Gasteiger partial charge in [0.15, 0.2) is 11.5 Å². The predicted octanol–water partition coefficient (Wildman–Crippen LogP) is 6.13. The molecule has 0 amide bonds. The summed E-state index contributed by atoms with van der Waals surface area (Å²) in [5.41, 5.74) is 5.86. The predicted molar refractivity (Wildman–Crippen MR) is 119 cm³/mol. The Labute approximate surface area is 205 Å². The van der Waals surface area contributed by atoms with E-state index in [1.54, 1.807) is 12.4 Å². The summed E-state index contributed by atoms with van der Waals surface area (Å²) in [6.07, 6.45) is 3.44. The van der Waals surface area contributed by atoms with E-state index in [4.69, 9.17) is 4.74 Å². The van der Waals surface area contributed by atoms with Crippen molar-refractivity contribution in [2.75, 3.05) is 5.32 Å². The topological polar surface area (TPSA) is 59.9 Å². The summed E-state index contributed by atoms with van der Waals surface area (Å²) in [4.78, 5) is 12.6. The number of pyridine rings is 3. The monoisotopic (exact) mass is 480 g/mol. The van der Waals surface area contributed by atoms with Crippen molar-refractivity contribution in [1.29, 1.82) is 0 Å². The third kappa shape index (κ3) is 4.58. The van der Waals surface area contributed by atoms with Crippen LogP contribution in [0.3, 0.4) is 0 Å². The Morgan fingerprint density at radius 2 is 1.26 bits per heavy atom. The van der Waals surface area contributed by atoms with Crippen molar-refractivity contribution in [3.8, 4) is 11.5 Å². The van der Waals surface area contributed by atoms with Crippen LogP contribution in [-0.4, -0.2) is 15.0 Å². The molecule has 0 atom stereocenters. The Hall–Kier alpha value is -2.89. The SMILES string of the molecule is Cc1ccc2c(c1)Oc1cc(C)ccc1N2.[Y].[c-]1c2cccnc2nc2ncccc12. The van der Waals surface area contributed by atoms with Crippen LogP contribution >= 0.6 is 0 Å². The minimum absolute atomic E-state index is 0. The van der Waals surface area contributed by atoms with E-state index in [1.807, 2.05) is 48.5 Å². The normalized spacial score (nSPS) is 11.2. The second kappa shape index (κ2) is 9.08. The van der Waals surface area contributed by atoms with Gasteiger partial charge in [0.1, 0.15) is 0 Å². The number of hydrogen-bond donors (Lipinski definition) is 1. The molecular formula is C25H19N4OY-. The number of aromatic nitrogens is 3. The second-order valence-electron chi connectivity index (χ2n) is 7.21. The Kier molecular flexibility index (Phi) is 6.26. The number of rotatable bonds is 0. The Balaban J connectivity index is 0.000000146. The summed E-state index contributed by atoms with van der Waals surface area (Å²) in [7, 11) is 0. The van der Waals surface area contributed by atoms with E-state index in [-0.39, 0.29) is 32.7 Å². The van der Waals surface area contributed by atoms with E-state index in [2.05, 4.69) is 52.3 Å². The summed E-state index contributed by atoms with van der Waals surface area (Å²) < 4.78 is 5.88. The maximum atomic E-state index is 5.88. The van der Waals surface area contributed by atoms with Crippen LogP contribution in [0.4, 0.5) is 11.4 Å². The number of nitrogens with zero attached hydrogens (tertiary/aromatic N) is 3. The molecule has 0 bridgehead atoms. The van der Waals surface area contributed by atoms with Crippen molar-refractivity contribution in [1.82, 2.24) is 15.0 Å². The Morgan fingerprint density at radius 1 is 0.742 bits per heavy atom. The quantitative estimate of drug-likeness (QED) is 0.209. The van der Waals surface area contributed by atoms with Crippen molar-refractivity contribution < 1.29 is 37.4 Å². The molecule has 1 aliphatic rings. The van der Waals surface area contributed by atoms with E-state index < -0.39 is 0 Å². The van der Waals surface area contributed by atoms with Gasteiger partial charge in [-0.25, -0.2) is 0 Å². The summed E-state index contributed by atoms with van der Waals surface area (Å²) >= 11 is 0. The molecule has 0 fully saturated rings. The van der Waals surface area contributed by atoms with Gasteiger partial charge in [-0.2, -0.15) is 0 Å². The maximum Gasteiger partial charge on any atom is 0.151 e. The molecule has 0 saturated carbocycles. The first-order valence-electron chi connectivity index (χ1n) is 9.71. The van der Waals surface area contributed by atoms with E-state index in [0.29, 0.717) is 11.3 Å². The van der Waals surface area contributed by atoms with Crippen LogP contribution < -0.4 is 10.1 Å². The fourth-order valence-electron chi connectivity index (χ4n) is 3.31. The van der Waals surface area contributed by atoms with Gasteiger partial charge in [0.2, 0.25) is 0 Å². The zero-order valence-corrected chi connectivity index (χ0v) is 20.1. The molecule has 1 aliphatic heterocycles. The van der Waals surface area contributed by atoms with Gasteiger partial charge < -0.3 is 10.1 Å². The molecule has 0 aliphatic carbocycles. The van der Waals surface area contributed by atoms with Crippen LogP contribution in [0.1, 0.15) is 11.1 Å². The van der Waals surface area contributed by atoms with Gasteiger partial charge in [0, 0.05) is 45.1 Å². The molecule has 6 heteroatoms. The molecule has 4 heterocycles. The van der Waals surface area contributed by atoms with Crippen molar-refractivity contribution in [2.45, 2.75) is 13.8 Å². The number of benzene rings is 2. The molecule has 149 valence electrons. The van der Waals surface area contributed by atoms with Gasteiger partial charge in [-0.3, -0.25) is 15.0 Å². The fraction of sp³-hybridized carbons (Fsp3) is 0.0800. The first-order valence-corrected chi connectivity index (χ1v) is 9.71. The van der Waals surface area contributed by atoms with Gasteiger partial charge in [-0.15, -0.1) is 18.2 Å². The summed E-state index contributed by atoms with van der Waals surface area (Å²) in [5.74, 6) is 1.80. The molecule has 0 saturated heterocycles. The van der Waals surface area contributed by atoms with E-state index in [0.717, 1.165) is 33.6 Å². The Morgan fingerprint density at radius 3 is 1.77 bits per heavy atom. The molecule has 6 rings (SSSR count). The fourth-order valence-corrected chi connectivity index (χ4v) is 3.31. The standard InChI is InChI=1S/C14H13NO.C11H6N3.Y/c1-9-3-5-11-13(7-9)16-14-8-10(2)4-6-12(14)15-11;1-3-8-7-9-4-2-6-13-11(9)14-10(8)12-5-1;/h3-8,15H,1-2H3;1-6H;/q;-1;. The number of aryl methyl sites for hydroxylation is 2. The number of nitrogens with one attached hydrogen (secondary N) is 1. The van der Waals surface area contributed by atoms with Crippen molar-refractivity contribution >= 4 is 33.4 Å². The van der Waals surface area contributed by atoms with Gasteiger partial charge in [-0.1, -0.05) is 35.0 Å². The van der Waals surface area contributed by atoms with Gasteiger partial charge in [-0.05, 0) is 49.2 Å². The Bertz CT molecular complexity index is 1230. The first kappa shape index (κ1) is 21.3. The van der Waals surface area contributed by atoms with E-state index >= 15 is 0 Å². The summed E-state index contributed by atoms with van der Waals surface area (Å²) in [5, 5.41) is 5.22. The van der Waals surface area contributed by atoms with Crippen LogP contribution in [0.2, 0.25) is 0 Å². The molecule has 0 spiro atoms. The third-order valence-corrected chi connectivity index (χ3v) is 4.82. The number of anilines is 2. The average Bonchev–Trinajstić information content (AvgIpc) is 2.76. The molecule has 31 heavy (non-hydrogen) atoms. The maximum absolute atomic E-state index is 5.88. The number of fused-ring (bicyclic) bond motifs is 4. The van der Waals surface area contributed by atoms with E-state index in [1.165, 1.54) is 11.1 Å². The van der Waals surface area contributed by atoms with Crippen LogP contribution in [0.15, 0.2) is 73.1 Å². The van der Waals surface area contributed by atoms with Crippen LogP contribution in [0, 0.1) is 19.9 Å². The van der Waals surface area contributed by atoms with Crippen LogP contribution in [0.5, 0.6) is 11.5 Å². The van der Waals surface area contributed by atoms with E-state index in [9.17, 15) is 0 Å². The minimum Gasteiger partial charge on any atom is -0.453 e. The molecule has 3 aromatic heterocycles. The van der Waals surface area contributed by atoms with Crippen LogP contribution in [-0.2, 0) is 32.7 Å². The summed E-state index contributed by atoms with van der Waals surface area (Å²) in [6.45, 7) is 4.13. The molecule has 1 radical (unpaired) electrons. The molecule has 5 aromatic rings. The molecule has 0 unspecified atom stereocenters. The van der Waals surface area contributed by atoms with Gasteiger partial charge in [0.25, 0.3) is 0 Å². The average molecular weight is 480 g/mol. The molecule has 1 N–H and O–H groups in total. The van der Waals surface area contributed by atoms with Gasteiger partial charge in [0.05, 0.1) is 22.7 Å². The molecular weight excluding hydrogens is 461 g/mol. The van der Waals surface area contributed by atoms with Crippen molar-refractivity contribution in [3.05, 3.63) is 90.3 Å². The van der Waals surface area contributed by atoms with Gasteiger partial charge >= 0.3 is 0 Å². The molecule has 5 nitrogen and oxygen atoms in total. The van der Waals surface area contributed by atoms with Crippen molar-refractivity contribution in [3.63, 3.8) is 0 Å². The largest absolute Gasteiger partial charge is 0.453 e.